The molecule has 2 aromatic carbocycles. The quantitative estimate of drug-likeness (QED) is 0.792. The lowest BCUT2D eigenvalue weighted by Gasteiger charge is -2.18. The van der Waals surface area contributed by atoms with Crippen LogP contribution in [-0.2, 0) is 4.74 Å². The van der Waals surface area contributed by atoms with Gasteiger partial charge in [0.15, 0.2) is 0 Å². The van der Waals surface area contributed by atoms with Crippen molar-refractivity contribution in [2.24, 2.45) is 0 Å². The molecular formula is C17H17BrClNO3. The Morgan fingerprint density at radius 1 is 1.26 bits per heavy atom. The van der Waals surface area contributed by atoms with E-state index in [2.05, 4.69) is 21.2 Å². The molecule has 0 radical (unpaired) electrons. The molecule has 0 unspecified atom stereocenters. The summed E-state index contributed by atoms with van der Waals surface area (Å²) in [6.45, 7) is 0.308. The number of nitrogens with one attached hydrogen (secondary N) is 1. The summed E-state index contributed by atoms with van der Waals surface area (Å²) in [4.78, 5) is 12.4. The van der Waals surface area contributed by atoms with Crippen LogP contribution in [0.25, 0.3) is 0 Å². The van der Waals surface area contributed by atoms with Crippen molar-refractivity contribution in [3.8, 4) is 5.75 Å². The molecule has 2 aromatic rings. The minimum absolute atomic E-state index is 0.218. The maximum atomic E-state index is 12.4. The lowest BCUT2D eigenvalue weighted by atomic mass is 10.1. The van der Waals surface area contributed by atoms with Crippen molar-refractivity contribution in [3.63, 3.8) is 0 Å². The molecule has 0 saturated carbocycles. The topological polar surface area (TPSA) is 47.6 Å². The van der Waals surface area contributed by atoms with Gasteiger partial charge in [-0.1, -0.05) is 29.8 Å². The Hall–Kier alpha value is -1.56. The van der Waals surface area contributed by atoms with E-state index in [-0.39, 0.29) is 12.0 Å². The highest BCUT2D eigenvalue weighted by Gasteiger charge is 2.17. The Bertz CT molecular complexity index is 693. The lowest BCUT2D eigenvalue weighted by molar-refractivity contribution is 0.0827. The molecule has 122 valence electrons. The normalized spacial score (nSPS) is 11.8. The van der Waals surface area contributed by atoms with Crippen LogP contribution in [-0.4, -0.2) is 26.7 Å². The third-order valence-electron chi connectivity index (χ3n) is 3.40. The summed E-state index contributed by atoms with van der Waals surface area (Å²) in [7, 11) is 3.14. The molecule has 1 N–H and O–H groups in total. The predicted molar refractivity (Wildman–Crippen MR) is 94.2 cm³/mol. The van der Waals surface area contributed by atoms with Crippen molar-refractivity contribution >= 4 is 33.4 Å². The Kier molecular flexibility index (Phi) is 6.45. The first-order chi connectivity index (χ1) is 11.1. The summed E-state index contributed by atoms with van der Waals surface area (Å²) in [6, 6.07) is 12.6. The number of carbonyl (C=O) groups is 1. The molecule has 0 aliphatic carbocycles. The van der Waals surface area contributed by atoms with Crippen LogP contribution in [0.3, 0.4) is 0 Å². The molecule has 2 rings (SSSR count). The minimum Gasteiger partial charge on any atom is -0.497 e. The fourth-order valence-corrected chi connectivity index (χ4v) is 2.83. The first-order valence-corrected chi connectivity index (χ1v) is 8.13. The molecule has 0 aliphatic rings. The van der Waals surface area contributed by atoms with Crippen molar-refractivity contribution in [1.82, 2.24) is 5.32 Å². The molecular weight excluding hydrogens is 382 g/mol. The number of amides is 1. The van der Waals surface area contributed by atoms with Gasteiger partial charge in [-0.25, -0.2) is 0 Å². The number of hydrogen-bond acceptors (Lipinski definition) is 3. The van der Waals surface area contributed by atoms with E-state index in [0.717, 1.165) is 5.56 Å². The van der Waals surface area contributed by atoms with Gasteiger partial charge in [0.1, 0.15) is 11.9 Å². The molecule has 4 nitrogen and oxygen atoms in total. The van der Waals surface area contributed by atoms with Crippen LogP contribution in [0.15, 0.2) is 46.9 Å². The van der Waals surface area contributed by atoms with E-state index in [9.17, 15) is 4.79 Å². The van der Waals surface area contributed by atoms with Crippen LogP contribution in [0.4, 0.5) is 0 Å². The largest absolute Gasteiger partial charge is 0.497 e. The molecule has 1 amide bonds. The van der Waals surface area contributed by atoms with Gasteiger partial charge in [0, 0.05) is 28.7 Å². The highest BCUT2D eigenvalue weighted by molar-refractivity contribution is 9.10. The smallest absolute Gasteiger partial charge is 0.252 e. The van der Waals surface area contributed by atoms with E-state index in [1.54, 1.807) is 38.5 Å². The van der Waals surface area contributed by atoms with Gasteiger partial charge >= 0.3 is 0 Å². The SMILES string of the molecule is COc1ccc(Br)c(C(=O)NC[C@H](OC)c2ccccc2Cl)c1. The number of ether oxygens (including phenoxy) is 2. The Morgan fingerprint density at radius 2 is 2.00 bits per heavy atom. The van der Waals surface area contributed by atoms with Crippen LogP contribution in [0.2, 0.25) is 5.02 Å². The third-order valence-corrected chi connectivity index (χ3v) is 4.44. The third kappa shape index (κ3) is 4.47. The van der Waals surface area contributed by atoms with Gasteiger partial charge in [0.25, 0.3) is 5.91 Å². The lowest BCUT2D eigenvalue weighted by Crippen LogP contribution is -2.29. The predicted octanol–water partition coefficient (Wildman–Crippen LogP) is 4.23. The highest BCUT2D eigenvalue weighted by atomic mass is 79.9. The number of methoxy groups -OCH3 is 2. The van der Waals surface area contributed by atoms with Gasteiger partial charge in [0.2, 0.25) is 0 Å². The molecule has 0 aromatic heterocycles. The zero-order valence-electron chi connectivity index (χ0n) is 12.8. The van der Waals surface area contributed by atoms with Crippen molar-refractivity contribution in [3.05, 3.63) is 63.1 Å². The van der Waals surface area contributed by atoms with Gasteiger partial charge in [-0.15, -0.1) is 0 Å². The minimum atomic E-state index is -0.322. The number of halogens is 2. The highest BCUT2D eigenvalue weighted by Crippen LogP contribution is 2.25. The van der Waals surface area contributed by atoms with Crippen LogP contribution in [0.1, 0.15) is 22.0 Å². The molecule has 23 heavy (non-hydrogen) atoms. The standard InChI is InChI=1S/C17H17BrClNO3/c1-22-11-7-8-14(18)13(9-11)17(21)20-10-16(23-2)12-5-3-4-6-15(12)19/h3-9,16H,10H2,1-2H3,(H,20,21)/t16-/m0/s1. The Morgan fingerprint density at radius 3 is 2.65 bits per heavy atom. The fraction of sp³-hybridized carbons (Fsp3) is 0.235. The van der Waals surface area contributed by atoms with Gasteiger partial charge in [-0.3, -0.25) is 4.79 Å². The zero-order chi connectivity index (χ0) is 16.8. The molecule has 0 saturated heterocycles. The van der Waals surface area contributed by atoms with Crippen molar-refractivity contribution < 1.29 is 14.3 Å². The van der Waals surface area contributed by atoms with Gasteiger partial charge in [-0.2, -0.15) is 0 Å². The van der Waals surface area contributed by atoms with Gasteiger partial charge < -0.3 is 14.8 Å². The summed E-state index contributed by atoms with van der Waals surface area (Å²) in [6.07, 6.45) is -0.322. The average molecular weight is 399 g/mol. The van der Waals surface area contributed by atoms with E-state index in [1.807, 2.05) is 18.2 Å². The van der Waals surface area contributed by atoms with E-state index in [4.69, 9.17) is 21.1 Å². The van der Waals surface area contributed by atoms with Crippen LogP contribution in [0, 0.1) is 0 Å². The fourth-order valence-electron chi connectivity index (χ4n) is 2.14. The molecule has 0 fully saturated rings. The molecule has 1 atom stereocenters. The van der Waals surface area contributed by atoms with Gasteiger partial charge in [-0.05, 0) is 40.2 Å². The Balaban J connectivity index is 2.10. The molecule has 0 spiro atoms. The number of hydrogen-bond donors (Lipinski definition) is 1. The first kappa shape index (κ1) is 17.8. The van der Waals surface area contributed by atoms with Crippen LogP contribution < -0.4 is 10.1 Å². The van der Waals surface area contributed by atoms with E-state index in [1.165, 1.54) is 0 Å². The zero-order valence-corrected chi connectivity index (χ0v) is 15.1. The maximum Gasteiger partial charge on any atom is 0.252 e. The second kappa shape index (κ2) is 8.34. The monoisotopic (exact) mass is 397 g/mol. The molecule has 6 heteroatoms. The molecule has 0 aliphatic heterocycles. The number of benzene rings is 2. The second-order valence-corrected chi connectivity index (χ2v) is 6.06. The number of rotatable bonds is 6. The summed E-state index contributed by atoms with van der Waals surface area (Å²) in [5, 5.41) is 3.47. The van der Waals surface area contributed by atoms with Crippen molar-refractivity contribution in [2.45, 2.75) is 6.10 Å². The molecule has 0 heterocycles. The summed E-state index contributed by atoms with van der Waals surface area (Å²) in [5.41, 5.74) is 1.33. The second-order valence-electron chi connectivity index (χ2n) is 4.80. The van der Waals surface area contributed by atoms with E-state index < -0.39 is 0 Å². The molecule has 0 bridgehead atoms. The summed E-state index contributed by atoms with van der Waals surface area (Å²) >= 11 is 9.55. The van der Waals surface area contributed by atoms with Crippen molar-refractivity contribution in [2.75, 3.05) is 20.8 Å². The number of carbonyl (C=O) groups excluding carboxylic acids is 1. The van der Waals surface area contributed by atoms with Gasteiger partial charge in [0.05, 0.1) is 12.7 Å². The first-order valence-electron chi connectivity index (χ1n) is 6.95. The van der Waals surface area contributed by atoms with Crippen LogP contribution >= 0.6 is 27.5 Å². The van der Waals surface area contributed by atoms with E-state index in [0.29, 0.717) is 27.4 Å². The summed E-state index contributed by atoms with van der Waals surface area (Å²) < 4.78 is 11.3. The Labute approximate surface area is 148 Å². The van der Waals surface area contributed by atoms with Crippen molar-refractivity contribution in [1.29, 1.82) is 0 Å². The maximum absolute atomic E-state index is 12.4. The average Bonchev–Trinajstić information content (AvgIpc) is 2.57. The van der Waals surface area contributed by atoms with Crippen LogP contribution in [0.5, 0.6) is 5.75 Å². The summed E-state index contributed by atoms with van der Waals surface area (Å²) in [5.74, 6) is 0.401. The van der Waals surface area contributed by atoms with E-state index >= 15 is 0 Å².